The number of hydrogen-bond donors (Lipinski definition) is 3. The molecular weight excluding hydrogens is 302 g/mol. The molecule has 0 aliphatic rings. The van der Waals surface area contributed by atoms with Gasteiger partial charge in [0.2, 0.25) is 11.8 Å². The van der Waals surface area contributed by atoms with Crippen LogP contribution in [0, 0.1) is 0 Å². The SMILES string of the molecule is CCCCCCCCNC(=O)Nc1nc(ON=[N+]=[N-])cc(=O)[nH]1. The van der Waals surface area contributed by atoms with E-state index in [0.717, 1.165) is 25.3 Å². The van der Waals surface area contributed by atoms with Gasteiger partial charge in [-0.3, -0.25) is 15.1 Å². The molecular formula is C13H21N7O3. The number of H-pyrrole nitrogens is 1. The van der Waals surface area contributed by atoms with Gasteiger partial charge in [0.15, 0.2) is 0 Å². The van der Waals surface area contributed by atoms with Crippen LogP contribution in [-0.2, 0) is 0 Å². The number of aromatic nitrogens is 2. The Labute approximate surface area is 133 Å². The quantitative estimate of drug-likeness (QED) is 0.200. The van der Waals surface area contributed by atoms with Gasteiger partial charge in [0, 0.05) is 11.5 Å². The fourth-order valence-electron chi connectivity index (χ4n) is 1.86. The number of rotatable bonds is 10. The van der Waals surface area contributed by atoms with E-state index in [-0.39, 0.29) is 11.8 Å². The zero-order chi connectivity index (χ0) is 16.9. The summed E-state index contributed by atoms with van der Waals surface area (Å²) in [6.07, 6.45) is 6.76. The third kappa shape index (κ3) is 8.32. The first-order valence-corrected chi connectivity index (χ1v) is 7.53. The molecule has 1 rings (SSSR count). The molecule has 1 heterocycles. The Morgan fingerprint density at radius 3 is 2.87 bits per heavy atom. The Morgan fingerprint density at radius 1 is 1.39 bits per heavy atom. The molecule has 1 aromatic heterocycles. The van der Waals surface area contributed by atoms with Crippen molar-refractivity contribution in [3.05, 3.63) is 26.9 Å². The van der Waals surface area contributed by atoms with Crippen molar-refractivity contribution in [3.63, 3.8) is 0 Å². The summed E-state index contributed by atoms with van der Waals surface area (Å²) in [7, 11) is 0. The van der Waals surface area contributed by atoms with Gasteiger partial charge in [-0.05, 0) is 12.0 Å². The van der Waals surface area contributed by atoms with Crippen LogP contribution in [0.5, 0.6) is 5.88 Å². The van der Waals surface area contributed by atoms with E-state index in [4.69, 9.17) is 5.53 Å². The zero-order valence-electron chi connectivity index (χ0n) is 13.0. The van der Waals surface area contributed by atoms with Crippen molar-refractivity contribution < 1.29 is 9.63 Å². The molecule has 0 saturated heterocycles. The van der Waals surface area contributed by atoms with Crippen LogP contribution in [0.25, 0.3) is 10.4 Å². The molecule has 0 bridgehead atoms. The van der Waals surface area contributed by atoms with Crippen LogP contribution < -0.4 is 21.0 Å². The lowest BCUT2D eigenvalue weighted by molar-refractivity contribution is 0.251. The average Bonchev–Trinajstić information content (AvgIpc) is 2.51. The maximum Gasteiger partial charge on any atom is 0.321 e. The maximum atomic E-state index is 11.7. The highest BCUT2D eigenvalue weighted by molar-refractivity contribution is 5.87. The van der Waals surface area contributed by atoms with Crippen molar-refractivity contribution in [1.82, 2.24) is 15.3 Å². The van der Waals surface area contributed by atoms with Gasteiger partial charge in [0.05, 0.1) is 6.07 Å². The lowest BCUT2D eigenvalue weighted by Gasteiger charge is -2.07. The summed E-state index contributed by atoms with van der Waals surface area (Å²) in [4.78, 5) is 36.0. The number of anilines is 1. The van der Waals surface area contributed by atoms with E-state index in [9.17, 15) is 9.59 Å². The van der Waals surface area contributed by atoms with Gasteiger partial charge in [0.25, 0.3) is 5.56 Å². The minimum atomic E-state index is -0.547. The molecule has 0 aliphatic heterocycles. The summed E-state index contributed by atoms with van der Waals surface area (Å²) >= 11 is 0. The Hall–Kier alpha value is -2.74. The van der Waals surface area contributed by atoms with Gasteiger partial charge < -0.3 is 10.2 Å². The molecule has 1 aromatic rings. The lowest BCUT2D eigenvalue weighted by atomic mass is 10.1. The molecule has 10 heteroatoms. The Morgan fingerprint density at radius 2 is 2.13 bits per heavy atom. The first-order chi connectivity index (χ1) is 11.2. The first kappa shape index (κ1) is 18.3. The van der Waals surface area contributed by atoms with Crippen LogP contribution in [0.3, 0.4) is 0 Å². The third-order valence-corrected chi connectivity index (χ3v) is 2.94. The largest absolute Gasteiger partial charge is 0.374 e. The van der Waals surface area contributed by atoms with E-state index in [1.165, 1.54) is 19.3 Å². The molecule has 10 nitrogen and oxygen atoms in total. The number of hydrogen-bond acceptors (Lipinski definition) is 5. The Balaban J connectivity index is 2.35. The van der Waals surface area contributed by atoms with Gasteiger partial charge in [-0.25, -0.2) is 4.79 Å². The Kier molecular flexibility index (Phi) is 8.69. The monoisotopic (exact) mass is 323 g/mol. The smallest absolute Gasteiger partial charge is 0.321 e. The minimum Gasteiger partial charge on any atom is -0.374 e. The number of nitrogens with one attached hydrogen (secondary N) is 3. The summed E-state index contributed by atoms with van der Waals surface area (Å²) in [5.41, 5.74) is 7.59. The predicted octanol–water partition coefficient (Wildman–Crippen LogP) is 2.86. The molecule has 0 radical (unpaired) electrons. The average molecular weight is 323 g/mol. The standard InChI is InChI=1S/C13H21N7O3/c1-2-3-4-5-6-7-8-15-13(22)18-12-16-10(21)9-11(17-12)23-20-19-14/h9H,2-8H2,1H3,(H3,15,16,17,18,21,22). The molecule has 0 aliphatic carbocycles. The summed E-state index contributed by atoms with van der Waals surface area (Å²) in [5.74, 6) is -0.307. The second-order valence-electron chi connectivity index (χ2n) is 4.84. The van der Waals surface area contributed by atoms with E-state index in [0.29, 0.717) is 6.54 Å². The number of amides is 2. The van der Waals surface area contributed by atoms with Crippen molar-refractivity contribution in [2.24, 2.45) is 5.28 Å². The number of carbonyl (C=O) groups is 1. The van der Waals surface area contributed by atoms with Crippen LogP contribution in [0.4, 0.5) is 10.7 Å². The molecule has 0 spiro atoms. The molecule has 0 fully saturated rings. The second kappa shape index (κ2) is 10.9. The number of azide groups is 1. The molecule has 0 saturated carbocycles. The van der Waals surface area contributed by atoms with Crippen molar-refractivity contribution in [2.75, 3.05) is 11.9 Å². The fraction of sp³-hybridized carbons (Fsp3) is 0.615. The van der Waals surface area contributed by atoms with Crippen LogP contribution in [-0.4, -0.2) is 22.5 Å². The lowest BCUT2D eigenvalue weighted by Crippen LogP contribution is -2.31. The number of urea groups is 1. The normalized spacial score (nSPS) is 9.78. The van der Waals surface area contributed by atoms with Crippen LogP contribution in [0.2, 0.25) is 0 Å². The summed E-state index contributed by atoms with van der Waals surface area (Å²) in [6.45, 7) is 2.70. The Bertz CT molecular complexity index is 595. The van der Waals surface area contributed by atoms with Gasteiger partial charge in [-0.1, -0.05) is 39.0 Å². The molecule has 126 valence electrons. The van der Waals surface area contributed by atoms with Gasteiger partial charge in [-0.15, -0.1) is 0 Å². The van der Waals surface area contributed by atoms with E-state index in [1.54, 1.807) is 0 Å². The van der Waals surface area contributed by atoms with Crippen molar-refractivity contribution >= 4 is 12.0 Å². The van der Waals surface area contributed by atoms with Gasteiger partial charge >= 0.3 is 6.03 Å². The molecule has 0 atom stereocenters. The predicted molar refractivity (Wildman–Crippen MR) is 85.0 cm³/mol. The van der Waals surface area contributed by atoms with E-state index < -0.39 is 11.6 Å². The molecule has 2 amide bonds. The summed E-state index contributed by atoms with van der Waals surface area (Å²) in [5, 5.41) is 7.88. The van der Waals surface area contributed by atoms with Crippen molar-refractivity contribution in [2.45, 2.75) is 45.4 Å². The fourth-order valence-corrected chi connectivity index (χ4v) is 1.86. The molecule has 23 heavy (non-hydrogen) atoms. The highest BCUT2D eigenvalue weighted by Gasteiger charge is 2.06. The second-order valence-corrected chi connectivity index (χ2v) is 4.84. The van der Waals surface area contributed by atoms with Crippen LogP contribution in [0.15, 0.2) is 16.1 Å². The summed E-state index contributed by atoms with van der Waals surface area (Å²) < 4.78 is 0. The molecule has 0 aromatic carbocycles. The van der Waals surface area contributed by atoms with Crippen LogP contribution in [0.1, 0.15) is 45.4 Å². The van der Waals surface area contributed by atoms with E-state index >= 15 is 0 Å². The number of aromatic amines is 1. The third-order valence-electron chi connectivity index (χ3n) is 2.94. The van der Waals surface area contributed by atoms with Gasteiger partial charge in [0.1, 0.15) is 5.28 Å². The van der Waals surface area contributed by atoms with Crippen molar-refractivity contribution in [3.8, 4) is 5.88 Å². The minimum absolute atomic E-state index is 0.0962. The van der Waals surface area contributed by atoms with Gasteiger partial charge in [-0.2, -0.15) is 4.98 Å². The molecule has 0 unspecified atom stereocenters. The highest BCUT2D eigenvalue weighted by Crippen LogP contribution is 2.06. The number of carbonyl (C=O) groups excluding carboxylic acids is 1. The molecule has 3 N–H and O–H groups in total. The first-order valence-electron chi connectivity index (χ1n) is 7.53. The number of nitrogens with zero attached hydrogens (tertiary/aromatic N) is 4. The highest BCUT2D eigenvalue weighted by atomic mass is 16.6. The van der Waals surface area contributed by atoms with E-state index in [1.807, 2.05) is 0 Å². The maximum absolute atomic E-state index is 11.7. The topological polar surface area (TPSA) is 145 Å². The van der Waals surface area contributed by atoms with E-state index in [2.05, 4.69) is 42.6 Å². The van der Waals surface area contributed by atoms with Crippen molar-refractivity contribution in [1.29, 1.82) is 0 Å². The summed E-state index contributed by atoms with van der Waals surface area (Å²) in [6, 6.07) is 0.510. The number of unbranched alkanes of at least 4 members (excludes halogenated alkanes) is 5. The van der Waals surface area contributed by atoms with Crippen LogP contribution >= 0.6 is 0 Å². The zero-order valence-corrected chi connectivity index (χ0v) is 13.0.